The molecule has 0 saturated carbocycles. The SMILES string of the molecule is CCCN1C(=N)c2ccccc2C1(OCc1ccc(C(C)(C)C)cc1)c1ccccc1. The minimum Gasteiger partial charge on any atom is -0.342 e. The zero-order chi connectivity index (χ0) is 22.1. The van der Waals surface area contributed by atoms with Crippen molar-refractivity contribution in [1.82, 2.24) is 4.90 Å². The number of rotatable bonds is 6. The monoisotopic (exact) mass is 412 g/mol. The average molecular weight is 413 g/mol. The minimum absolute atomic E-state index is 0.127. The summed E-state index contributed by atoms with van der Waals surface area (Å²) in [7, 11) is 0. The van der Waals surface area contributed by atoms with Crippen LogP contribution in [0.2, 0.25) is 0 Å². The predicted octanol–water partition coefficient (Wildman–Crippen LogP) is 6.45. The molecular weight excluding hydrogens is 380 g/mol. The van der Waals surface area contributed by atoms with Crippen LogP contribution in [-0.2, 0) is 22.5 Å². The first-order valence-electron chi connectivity index (χ1n) is 11.1. The van der Waals surface area contributed by atoms with Crippen molar-refractivity contribution >= 4 is 5.84 Å². The molecule has 0 aliphatic carbocycles. The molecule has 3 heteroatoms. The van der Waals surface area contributed by atoms with Gasteiger partial charge in [0.1, 0.15) is 5.84 Å². The van der Waals surface area contributed by atoms with E-state index in [1.165, 1.54) is 5.56 Å². The Morgan fingerprint density at radius 1 is 0.871 bits per heavy atom. The van der Waals surface area contributed by atoms with Crippen LogP contribution in [0.5, 0.6) is 0 Å². The van der Waals surface area contributed by atoms with Gasteiger partial charge >= 0.3 is 0 Å². The number of fused-ring (bicyclic) bond motifs is 1. The minimum atomic E-state index is -0.798. The summed E-state index contributed by atoms with van der Waals surface area (Å²) in [6.45, 7) is 10.1. The van der Waals surface area contributed by atoms with E-state index in [1.54, 1.807) is 0 Å². The number of amidine groups is 1. The van der Waals surface area contributed by atoms with E-state index < -0.39 is 5.72 Å². The maximum atomic E-state index is 8.92. The molecule has 0 bridgehead atoms. The molecule has 160 valence electrons. The lowest BCUT2D eigenvalue weighted by Gasteiger charge is -2.40. The number of benzene rings is 3. The van der Waals surface area contributed by atoms with Crippen LogP contribution in [0.25, 0.3) is 0 Å². The Bertz CT molecular complexity index is 1050. The van der Waals surface area contributed by atoms with Crippen LogP contribution in [0.4, 0.5) is 0 Å². The molecule has 0 radical (unpaired) electrons. The van der Waals surface area contributed by atoms with Gasteiger partial charge in [0.15, 0.2) is 5.72 Å². The predicted molar refractivity (Wildman–Crippen MR) is 127 cm³/mol. The fourth-order valence-corrected chi connectivity index (χ4v) is 4.43. The first-order valence-corrected chi connectivity index (χ1v) is 11.1. The van der Waals surface area contributed by atoms with Gasteiger partial charge in [-0.25, -0.2) is 0 Å². The zero-order valence-corrected chi connectivity index (χ0v) is 19.0. The van der Waals surface area contributed by atoms with Gasteiger partial charge in [-0.3, -0.25) is 5.41 Å². The Kier molecular flexibility index (Phi) is 5.72. The van der Waals surface area contributed by atoms with Crippen molar-refractivity contribution in [2.45, 2.75) is 51.9 Å². The van der Waals surface area contributed by atoms with Crippen LogP contribution in [0.1, 0.15) is 61.9 Å². The normalized spacial score (nSPS) is 18.3. The third kappa shape index (κ3) is 3.79. The van der Waals surface area contributed by atoms with Gasteiger partial charge in [-0.2, -0.15) is 0 Å². The van der Waals surface area contributed by atoms with Crippen LogP contribution in [0.15, 0.2) is 78.9 Å². The van der Waals surface area contributed by atoms with Crippen molar-refractivity contribution < 1.29 is 4.74 Å². The summed E-state index contributed by atoms with van der Waals surface area (Å²) < 4.78 is 6.84. The van der Waals surface area contributed by atoms with E-state index >= 15 is 0 Å². The molecule has 0 aromatic heterocycles. The van der Waals surface area contributed by atoms with Crippen molar-refractivity contribution in [3.63, 3.8) is 0 Å². The van der Waals surface area contributed by atoms with Crippen molar-refractivity contribution in [3.8, 4) is 0 Å². The van der Waals surface area contributed by atoms with E-state index in [2.05, 4.69) is 75.1 Å². The molecule has 31 heavy (non-hydrogen) atoms. The maximum Gasteiger partial charge on any atom is 0.196 e. The quantitative estimate of drug-likeness (QED) is 0.505. The van der Waals surface area contributed by atoms with Crippen molar-refractivity contribution in [2.24, 2.45) is 0 Å². The molecule has 1 heterocycles. The van der Waals surface area contributed by atoms with Crippen LogP contribution < -0.4 is 0 Å². The van der Waals surface area contributed by atoms with Gasteiger partial charge in [0.05, 0.1) is 6.61 Å². The van der Waals surface area contributed by atoms with E-state index in [4.69, 9.17) is 10.1 Å². The van der Waals surface area contributed by atoms with Gasteiger partial charge in [0.2, 0.25) is 0 Å². The van der Waals surface area contributed by atoms with Gasteiger partial charge in [-0.15, -0.1) is 0 Å². The average Bonchev–Trinajstić information content (AvgIpc) is 3.02. The standard InChI is InChI=1S/C28H32N2O/c1-5-19-30-26(29)24-13-9-10-14-25(24)28(30,23-11-7-6-8-12-23)31-20-21-15-17-22(18-16-21)27(2,3)4/h6-18,29H,5,19-20H2,1-4H3. The first kappa shape index (κ1) is 21.3. The van der Waals surface area contributed by atoms with Crippen molar-refractivity contribution in [1.29, 1.82) is 5.41 Å². The number of nitrogens with zero attached hydrogens (tertiary/aromatic N) is 1. The molecule has 4 rings (SSSR count). The molecule has 3 aromatic rings. The van der Waals surface area contributed by atoms with Gasteiger partial charge in [-0.05, 0) is 23.0 Å². The zero-order valence-electron chi connectivity index (χ0n) is 19.0. The molecule has 1 aliphatic heterocycles. The summed E-state index contributed by atoms with van der Waals surface area (Å²) in [5, 5.41) is 8.92. The molecule has 0 saturated heterocycles. The molecule has 0 fully saturated rings. The largest absolute Gasteiger partial charge is 0.342 e. The van der Waals surface area contributed by atoms with Crippen LogP contribution in [-0.4, -0.2) is 17.3 Å². The van der Waals surface area contributed by atoms with E-state index in [0.29, 0.717) is 12.4 Å². The van der Waals surface area contributed by atoms with Gasteiger partial charge < -0.3 is 9.64 Å². The lowest BCUT2D eigenvalue weighted by atomic mass is 9.87. The van der Waals surface area contributed by atoms with E-state index in [1.807, 2.05) is 36.4 Å². The molecule has 1 unspecified atom stereocenters. The number of hydrogen-bond acceptors (Lipinski definition) is 2. The Balaban J connectivity index is 1.77. The highest BCUT2D eigenvalue weighted by Gasteiger charge is 2.50. The van der Waals surface area contributed by atoms with Crippen LogP contribution >= 0.6 is 0 Å². The molecule has 1 N–H and O–H groups in total. The highest BCUT2D eigenvalue weighted by atomic mass is 16.5. The Morgan fingerprint density at radius 3 is 2.16 bits per heavy atom. The van der Waals surface area contributed by atoms with Crippen LogP contribution in [0.3, 0.4) is 0 Å². The topological polar surface area (TPSA) is 36.3 Å². The highest BCUT2D eigenvalue weighted by molar-refractivity contribution is 6.02. The second-order valence-corrected chi connectivity index (χ2v) is 9.29. The second-order valence-electron chi connectivity index (χ2n) is 9.29. The second kappa shape index (κ2) is 8.32. The molecule has 0 amide bonds. The smallest absolute Gasteiger partial charge is 0.196 e. The van der Waals surface area contributed by atoms with E-state index in [-0.39, 0.29) is 5.41 Å². The molecule has 1 aliphatic rings. The van der Waals surface area contributed by atoms with Crippen molar-refractivity contribution in [3.05, 3.63) is 107 Å². The molecule has 3 nitrogen and oxygen atoms in total. The summed E-state index contributed by atoms with van der Waals surface area (Å²) in [5.41, 5.74) is 4.83. The fraction of sp³-hybridized carbons (Fsp3) is 0.321. The highest BCUT2D eigenvalue weighted by Crippen LogP contribution is 2.45. The Labute approximate surface area is 186 Å². The molecule has 3 aromatic carbocycles. The van der Waals surface area contributed by atoms with Gasteiger partial charge in [0, 0.05) is 23.2 Å². The summed E-state index contributed by atoms with van der Waals surface area (Å²) in [6, 6.07) is 27.3. The summed E-state index contributed by atoms with van der Waals surface area (Å²) in [6.07, 6.45) is 0.939. The van der Waals surface area contributed by atoms with E-state index in [9.17, 15) is 0 Å². The molecular formula is C28H32N2O. The fourth-order valence-electron chi connectivity index (χ4n) is 4.43. The lowest BCUT2D eigenvalue weighted by Crippen LogP contribution is -2.47. The maximum absolute atomic E-state index is 8.92. The third-order valence-electron chi connectivity index (χ3n) is 6.08. The van der Waals surface area contributed by atoms with E-state index in [0.717, 1.165) is 35.2 Å². The van der Waals surface area contributed by atoms with Gasteiger partial charge in [-0.1, -0.05) is 107 Å². The van der Waals surface area contributed by atoms with Crippen LogP contribution in [0, 0.1) is 5.41 Å². The summed E-state index contributed by atoms with van der Waals surface area (Å²) >= 11 is 0. The number of nitrogens with one attached hydrogen (secondary N) is 1. The lowest BCUT2D eigenvalue weighted by molar-refractivity contribution is -0.107. The Morgan fingerprint density at radius 2 is 1.52 bits per heavy atom. The summed E-state index contributed by atoms with van der Waals surface area (Å²) in [5.74, 6) is 0.532. The van der Waals surface area contributed by atoms with Gasteiger partial charge in [0.25, 0.3) is 0 Å². The number of hydrogen-bond donors (Lipinski definition) is 1. The summed E-state index contributed by atoms with van der Waals surface area (Å²) in [4.78, 5) is 2.12. The third-order valence-corrected chi connectivity index (χ3v) is 6.08. The number of ether oxygens (including phenoxy) is 1. The molecule has 0 spiro atoms. The first-order chi connectivity index (χ1) is 14.9. The Hall–Kier alpha value is -2.91. The van der Waals surface area contributed by atoms with Crippen molar-refractivity contribution in [2.75, 3.05) is 6.54 Å². The molecule has 1 atom stereocenters.